The number of urea groups is 1. The summed E-state index contributed by atoms with van der Waals surface area (Å²) in [6, 6.07) is 8.06. The Balaban J connectivity index is 1.59. The van der Waals surface area contributed by atoms with Gasteiger partial charge in [-0.3, -0.25) is 0 Å². The van der Waals surface area contributed by atoms with Gasteiger partial charge in [0.2, 0.25) is 0 Å². The van der Waals surface area contributed by atoms with Gasteiger partial charge in [0, 0.05) is 29.8 Å². The molecule has 1 fully saturated rings. The third-order valence-corrected chi connectivity index (χ3v) is 4.32. The van der Waals surface area contributed by atoms with E-state index in [1.54, 1.807) is 24.3 Å². The molecule has 6 nitrogen and oxygen atoms in total. The molecule has 3 N–H and O–H groups in total. The van der Waals surface area contributed by atoms with Crippen LogP contribution in [0, 0.1) is 5.92 Å². The fourth-order valence-corrected chi connectivity index (χ4v) is 2.99. The molecule has 1 aliphatic carbocycles. The number of nitrogens with one attached hydrogen (secondary N) is 2. The normalized spacial score (nSPS) is 21.1. The van der Waals surface area contributed by atoms with Crippen molar-refractivity contribution in [1.29, 1.82) is 0 Å². The molecule has 0 spiro atoms. The number of fused-ring (bicyclic) bond motifs is 1. The second kappa shape index (κ2) is 6.83. The van der Waals surface area contributed by atoms with E-state index >= 15 is 0 Å². The van der Waals surface area contributed by atoms with Crippen LogP contribution in [-0.2, 0) is 0 Å². The summed E-state index contributed by atoms with van der Waals surface area (Å²) in [5, 5.41) is 15.7. The number of amides is 2. The number of aliphatic hydroxyl groups excluding tert-OH is 1. The zero-order valence-electron chi connectivity index (χ0n) is 12.7. The molecule has 1 aromatic carbocycles. The Bertz CT molecular complexity index is 748. The molecule has 23 heavy (non-hydrogen) atoms. The predicted octanol–water partition coefficient (Wildman–Crippen LogP) is 2.47. The summed E-state index contributed by atoms with van der Waals surface area (Å²) in [6.45, 7) is 0.228. The van der Waals surface area contributed by atoms with Gasteiger partial charge >= 0.3 is 11.7 Å². The van der Waals surface area contributed by atoms with Gasteiger partial charge in [-0.15, -0.1) is 0 Å². The van der Waals surface area contributed by atoms with Gasteiger partial charge in [0.25, 0.3) is 0 Å². The number of carbonyl (C=O) groups is 1. The Kier molecular flexibility index (Phi) is 4.62. The van der Waals surface area contributed by atoms with Crippen molar-refractivity contribution >= 4 is 22.7 Å². The van der Waals surface area contributed by atoms with Crippen molar-refractivity contribution in [1.82, 2.24) is 5.32 Å². The average molecular weight is 316 g/mol. The minimum Gasteiger partial charge on any atom is -0.423 e. The van der Waals surface area contributed by atoms with E-state index in [-0.39, 0.29) is 18.7 Å². The molecular formula is C17H20N2O4. The molecule has 1 saturated carbocycles. The third kappa shape index (κ3) is 3.90. The van der Waals surface area contributed by atoms with Crippen LogP contribution in [0.3, 0.4) is 0 Å². The molecule has 0 aliphatic heterocycles. The smallest absolute Gasteiger partial charge is 0.336 e. The fourth-order valence-electron chi connectivity index (χ4n) is 2.99. The Labute approximate surface area is 133 Å². The maximum Gasteiger partial charge on any atom is 0.336 e. The van der Waals surface area contributed by atoms with Crippen LogP contribution < -0.4 is 16.3 Å². The molecule has 0 bridgehead atoms. The van der Waals surface area contributed by atoms with E-state index in [1.807, 2.05) is 0 Å². The van der Waals surface area contributed by atoms with Crippen molar-refractivity contribution in [3.05, 3.63) is 40.8 Å². The zero-order chi connectivity index (χ0) is 16.2. The first-order valence-electron chi connectivity index (χ1n) is 7.86. The van der Waals surface area contributed by atoms with Crippen molar-refractivity contribution < 1.29 is 14.3 Å². The lowest BCUT2D eigenvalue weighted by Gasteiger charge is -2.27. The SMILES string of the molecule is O=C(Nc1ccc2oc(=O)ccc2c1)NC1CCC(CO)CC1. The first kappa shape index (κ1) is 15.6. The molecule has 2 amide bonds. The lowest BCUT2D eigenvalue weighted by molar-refractivity contribution is 0.176. The monoisotopic (exact) mass is 316 g/mol. The van der Waals surface area contributed by atoms with Gasteiger partial charge in [-0.05, 0) is 55.9 Å². The van der Waals surface area contributed by atoms with Crippen LogP contribution in [0.5, 0.6) is 0 Å². The van der Waals surface area contributed by atoms with Gasteiger partial charge in [-0.2, -0.15) is 0 Å². The number of hydrogen-bond acceptors (Lipinski definition) is 4. The predicted molar refractivity (Wildman–Crippen MR) is 87.5 cm³/mol. The van der Waals surface area contributed by atoms with Crippen LogP contribution in [0.25, 0.3) is 11.0 Å². The summed E-state index contributed by atoms with van der Waals surface area (Å²) in [5.41, 5.74) is 0.744. The summed E-state index contributed by atoms with van der Waals surface area (Å²) in [6.07, 6.45) is 3.66. The van der Waals surface area contributed by atoms with Gasteiger partial charge in [-0.25, -0.2) is 9.59 Å². The number of carbonyl (C=O) groups excluding carboxylic acids is 1. The summed E-state index contributed by atoms with van der Waals surface area (Å²) >= 11 is 0. The maximum absolute atomic E-state index is 12.1. The van der Waals surface area contributed by atoms with Crippen LogP contribution in [0.1, 0.15) is 25.7 Å². The minimum absolute atomic E-state index is 0.149. The third-order valence-electron chi connectivity index (χ3n) is 4.32. The molecule has 0 atom stereocenters. The van der Waals surface area contributed by atoms with E-state index < -0.39 is 5.63 Å². The lowest BCUT2D eigenvalue weighted by atomic mass is 9.87. The van der Waals surface area contributed by atoms with E-state index in [0.717, 1.165) is 31.1 Å². The van der Waals surface area contributed by atoms with Gasteiger partial charge in [0.15, 0.2) is 0 Å². The highest BCUT2D eigenvalue weighted by atomic mass is 16.4. The van der Waals surface area contributed by atoms with Crippen molar-refractivity contribution in [2.45, 2.75) is 31.7 Å². The van der Waals surface area contributed by atoms with E-state index in [2.05, 4.69) is 10.6 Å². The Morgan fingerprint density at radius 1 is 1.17 bits per heavy atom. The molecule has 3 rings (SSSR count). The molecule has 6 heteroatoms. The van der Waals surface area contributed by atoms with Gasteiger partial charge in [0.05, 0.1) is 0 Å². The largest absolute Gasteiger partial charge is 0.423 e. The quantitative estimate of drug-likeness (QED) is 0.759. The zero-order valence-corrected chi connectivity index (χ0v) is 12.7. The molecule has 1 aliphatic rings. The van der Waals surface area contributed by atoms with E-state index in [9.17, 15) is 9.59 Å². The Hall–Kier alpha value is -2.34. The van der Waals surface area contributed by atoms with Crippen LogP contribution >= 0.6 is 0 Å². The number of benzene rings is 1. The molecule has 1 heterocycles. The van der Waals surface area contributed by atoms with E-state index in [1.165, 1.54) is 6.07 Å². The maximum atomic E-state index is 12.1. The second-order valence-corrected chi connectivity index (χ2v) is 6.01. The average Bonchev–Trinajstić information content (AvgIpc) is 2.55. The Morgan fingerprint density at radius 2 is 1.96 bits per heavy atom. The number of rotatable bonds is 3. The number of aliphatic hydroxyl groups is 1. The molecule has 0 unspecified atom stereocenters. The molecule has 1 aromatic heterocycles. The number of anilines is 1. The lowest BCUT2D eigenvalue weighted by Crippen LogP contribution is -2.40. The second-order valence-electron chi connectivity index (χ2n) is 6.01. The standard InChI is InChI=1S/C17H20N2O4/c20-10-11-1-4-13(5-2-11)18-17(22)19-14-6-7-15-12(9-14)3-8-16(21)23-15/h3,6-9,11,13,20H,1-2,4-5,10H2,(H2,18,19,22). The summed E-state index contributed by atoms with van der Waals surface area (Å²) in [7, 11) is 0. The summed E-state index contributed by atoms with van der Waals surface area (Å²) < 4.78 is 5.06. The van der Waals surface area contributed by atoms with Crippen LogP contribution in [0.2, 0.25) is 0 Å². The van der Waals surface area contributed by atoms with Crippen molar-refractivity contribution in [3.8, 4) is 0 Å². The first-order valence-corrected chi connectivity index (χ1v) is 7.86. The van der Waals surface area contributed by atoms with Gasteiger partial charge < -0.3 is 20.2 Å². The van der Waals surface area contributed by atoms with E-state index in [0.29, 0.717) is 17.2 Å². The van der Waals surface area contributed by atoms with E-state index in [4.69, 9.17) is 9.52 Å². The molecule has 0 saturated heterocycles. The van der Waals surface area contributed by atoms with Gasteiger partial charge in [-0.1, -0.05) is 0 Å². The van der Waals surface area contributed by atoms with Gasteiger partial charge in [0.1, 0.15) is 5.58 Å². The highest BCUT2D eigenvalue weighted by Crippen LogP contribution is 2.24. The number of hydrogen-bond donors (Lipinski definition) is 3. The topological polar surface area (TPSA) is 91.6 Å². The molecule has 0 radical (unpaired) electrons. The first-order chi connectivity index (χ1) is 11.1. The summed E-state index contributed by atoms with van der Waals surface area (Å²) in [5.74, 6) is 0.367. The van der Waals surface area contributed by atoms with Crippen LogP contribution in [0.15, 0.2) is 39.5 Å². The molecule has 2 aromatic rings. The van der Waals surface area contributed by atoms with Crippen molar-refractivity contribution in [2.24, 2.45) is 5.92 Å². The summed E-state index contributed by atoms with van der Waals surface area (Å²) in [4.78, 5) is 23.2. The molecule has 122 valence electrons. The van der Waals surface area contributed by atoms with Crippen molar-refractivity contribution in [2.75, 3.05) is 11.9 Å². The highest BCUT2D eigenvalue weighted by molar-refractivity contribution is 5.92. The fraction of sp³-hybridized carbons (Fsp3) is 0.412. The Morgan fingerprint density at radius 3 is 2.70 bits per heavy atom. The van der Waals surface area contributed by atoms with Crippen LogP contribution in [0.4, 0.5) is 10.5 Å². The van der Waals surface area contributed by atoms with Crippen molar-refractivity contribution in [3.63, 3.8) is 0 Å². The van der Waals surface area contributed by atoms with Crippen LogP contribution in [-0.4, -0.2) is 23.8 Å². The minimum atomic E-state index is -0.394. The highest BCUT2D eigenvalue weighted by Gasteiger charge is 2.21. The molecular weight excluding hydrogens is 296 g/mol.